The van der Waals surface area contributed by atoms with Crippen LogP contribution in [0.3, 0.4) is 0 Å². The molecule has 25 heavy (non-hydrogen) atoms. The van der Waals surface area contributed by atoms with E-state index in [0.717, 1.165) is 21.8 Å². The van der Waals surface area contributed by atoms with Gasteiger partial charge in [0.1, 0.15) is 17.4 Å². The number of aryl methyl sites for hydroxylation is 1. The molecule has 0 amide bonds. The van der Waals surface area contributed by atoms with Gasteiger partial charge in [0.05, 0.1) is 5.69 Å². The van der Waals surface area contributed by atoms with Gasteiger partial charge in [0.2, 0.25) is 0 Å². The van der Waals surface area contributed by atoms with Gasteiger partial charge in [0, 0.05) is 16.0 Å². The number of esters is 1. The number of hydrogen-bond donors (Lipinski definition) is 0. The van der Waals surface area contributed by atoms with Crippen LogP contribution in [-0.4, -0.2) is 17.6 Å². The van der Waals surface area contributed by atoms with Crippen LogP contribution in [0.15, 0.2) is 53.9 Å². The Hall–Kier alpha value is -2.37. The Morgan fingerprint density at radius 1 is 1.20 bits per heavy atom. The molecule has 4 nitrogen and oxygen atoms in total. The molecule has 0 aliphatic carbocycles. The standard InChI is InChI=1S/C19H16ClNO3S/c1-13-9-15(20)7-8-17(13)23-11-18(22)24-10-16-12-25-19(21-16)14-5-3-2-4-6-14/h2-9,12H,10-11H2,1H3. The highest BCUT2D eigenvalue weighted by atomic mass is 35.5. The molecule has 0 saturated carbocycles. The van der Waals surface area contributed by atoms with Gasteiger partial charge in [-0.15, -0.1) is 11.3 Å². The molecule has 128 valence electrons. The molecule has 0 radical (unpaired) electrons. The van der Waals surface area contributed by atoms with Gasteiger partial charge in [-0.25, -0.2) is 9.78 Å². The number of nitrogens with zero attached hydrogens (tertiary/aromatic N) is 1. The molecule has 0 aliphatic rings. The minimum absolute atomic E-state index is 0.130. The number of aromatic nitrogens is 1. The van der Waals surface area contributed by atoms with Gasteiger partial charge in [-0.2, -0.15) is 0 Å². The van der Waals surface area contributed by atoms with Crippen molar-refractivity contribution in [2.75, 3.05) is 6.61 Å². The summed E-state index contributed by atoms with van der Waals surface area (Å²) in [5, 5.41) is 3.42. The van der Waals surface area contributed by atoms with Crippen molar-refractivity contribution in [1.82, 2.24) is 4.98 Å². The molecule has 6 heteroatoms. The lowest BCUT2D eigenvalue weighted by Gasteiger charge is -2.08. The monoisotopic (exact) mass is 373 g/mol. The lowest BCUT2D eigenvalue weighted by atomic mass is 10.2. The lowest BCUT2D eigenvalue weighted by molar-refractivity contribution is -0.147. The second-order valence-corrected chi connectivity index (χ2v) is 6.66. The van der Waals surface area contributed by atoms with Gasteiger partial charge < -0.3 is 9.47 Å². The van der Waals surface area contributed by atoms with E-state index in [-0.39, 0.29) is 13.2 Å². The summed E-state index contributed by atoms with van der Waals surface area (Å²) in [6.07, 6.45) is 0. The van der Waals surface area contributed by atoms with Crippen LogP contribution < -0.4 is 4.74 Å². The second kappa shape index (κ2) is 8.14. The fourth-order valence-electron chi connectivity index (χ4n) is 2.19. The maximum absolute atomic E-state index is 11.8. The Bertz CT molecular complexity index is 864. The number of rotatable bonds is 6. The number of benzene rings is 2. The van der Waals surface area contributed by atoms with Crippen LogP contribution in [0.25, 0.3) is 10.6 Å². The maximum atomic E-state index is 11.8. The topological polar surface area (TPSA) is 48.4 Å². The van der Waals surface area contributed by atoms with Crippen molar-refractivity contribution in [2.24, 2.45) is 0 Å². The Balaban J connectivity index is 1.50. The van der Waals surface area contributed by atoms with Gasteiger partial charge in [0.25, 0.3) is 0 Å². The van der Waals surface area contributed by atoms with Crippen molar-refractivity contribution in [1.29, 1.82) is 0 Å². The first-order valence-electron chi connectivity index (χ1n) is 7.66. The van der Waals surface area contributed by atoms with Crippen LogP contribution in [0.4, 0.5) is 0 Å². The van der Waals surface area contributed by atoms with Gasteiger partial charge in [0.15, 0.2) is 6.61 Å². The predicted octanol–water partition coefficient (Wildman–Crippen LogP) is 4.89. The molecular formula is C19H16ClNO3S. The summed E-state index contributed by atoms with van der Waals surface area (Å²) in [6, 6.07) is 15.1. The quantitative estimate of drug-likeness (QED) is 0.577. The summed E-state index contributed by atoms with van der Waals surface area (Å²) in [7, 11) is 0. The molecule has 1 aromatic heterocycles. The van der Waals surface area contributed by atoms with Crippen LogP contribution in [-0.2, 0) is 16.1 Å². The normalized spacial score (nSPS) is 10.5. The van der Waals surface area contributed by atoms with Crippen molar-refractivity contribution in [2.45, 2.75) is 13.5 Å². The van der Waals surface area contributed by atoms with E-state index in [2.05, 4.69) is 4.98 Å². The molecule has 3 rings (SSSR count). The molecule has 0 N–H and O–H groups in total. The number of thiazole rings is 1. The van der Waals surface area contributed by atoms with Gasteiger partial charge >= 0.3 is 5.97 Å². The third-order valence-corrected chi connectivity index (χ3v) is 4.61. The summed E-state index contributed by atoms with van der Waals surface area (Å²) in [5.41, 5.74) is 2.64. The van der Waals surface area contributed by atoms with Crippen molar-refractivity contribution < 1.29 is 14.3 Å². The average Bonchev–Trinajstić information content (AvgIpc) is 3.09. The number of carbonyl (C=O) groups is 1. The van der Waals surface area contributed by atoms with E-state index in [1.165, 1.54) is 11.3 Å². The fraction of sp³-hybridized carbons (Fsp3) is 0.158. The van der Waals surface area contributed by atoms with E-state index >= 15 is 0 Å². The lowest BCUT2D eigenvalue weighted by Crippen LogP contribution is -2.15. The Morgan fingerprint density at radius 3 is 2.76 bits per heavy atom. The highest BCUT2D eigenvalue weighted by molar-refractivity contribution is 7.13. The molecule has 0 aliphatic heterocycles. The number of hydrogen-bond acceptors (Lipinski definition) is 5. The zero-order valence-corrected chi connectivity index (χ0v) is 15.1. The van der Waals surface area contributed by atoms with Crippen molar-refractivity contribution in [3.05, 3.63) is 70.2 Å². The molecule has 3 aromatic rings. The van der Waals surface area contributed by atoms with E-state index in [1.807, 2.05) is 42.6 Å². The molecular weight excluding hydrogens is 358 g/mol. The first kappa shape index (κ1) is 17.5. The smallest absolute Gasteiger partial charge is 0.344 e. The van der Waals surface area contributed by atoms with Gasteiger partial charge in [-0.1, -0.05) is 41.9 Å². The van der Waals surface area contributed by atoms with Crippen LogP contribution in [0.5, 0.6) is 5.75 Å². The third-order valence-electron chi connectivity index (χ3n) is 3.44. The van der Waals surface area contributed by atoms with Crippen LogP contribution >= 0.6 is 22.9 Å². The molecule has 0 atom stereocenters. The summed E-state index contributed by atoms with van der Waals surface area (Å²) in [6.45, 7) is 1.84. The number of ether oxygens (including phenoxy) is 2. The predicted molar refractivity (Wildman–Crippen MR) is 99.0 cm³/mol. The molecule has 0 spiro atoms. The van der Waals surface area contributed by atoms with E-state index in [0.29, 0.717) is 10.8 Å². The van der Waals surface area contributed by atoms with Crippen LogP contribution in [0.1, 0.15) is 11.3 Å². The Morgan fingerprint density at radius 2 is 2.00 bits per heavy atom. The molecule has 0 saturated heterocycles. The summed E-state index contributed by atoms with van der Waals surface area (Å²) in [4.78, 5) is 16.3. The molecule has 0 fully saturated rings. The molecule has 0 bridgehead atoms. The zero-order chi connectivity index (χ0) is 17.6. The molecule has 2 aromatic carbocycles. The second-order valence-electron chi connectivity index (χ2n) is 5.37. The van der Waals surface area contributed by atoms with Crippen molar-refractivity contribution >= 4 is 28.9 Å². The number of halogens is 1. The highest BCUT2D eigenvalue weighted by Gasteiger charge is 2.09. The molecule has 1 heterocycles. The minimum atomic E-state index is -0.441. The number of carbonyl (C=O) groups excluding carboxylic acids is 1. The largest absolute Gasteiger partial charge is 0.482 e. The average molecular weight is 374 g/mol. The molecule has 0 unspecified atom stereocenters. The van der Waals surface area contributed by atoms with Crippen molar-refractivity contribution in [3.63, 3.8) is 0 Å². The summed E-state index contributed by atoms with van der Waals surface area (Å²) < 4.78 is 10.7. The van der Waals surface area contributed by atoms with Gasteiger partial charge in [-0.05, 0) is 30.7 Å². The summed E-state index contributed by atoms with van der Waals surface area (Å²) >= 11 is 7.41. The van der Waals surface area contributed by atoms with Crippen LogP contribution in [0, 0.1) is 6.92 Å². The SMILES string of the molecule is Cc1cc(Cl)ccc1OCC(=O)OCc1csc(-c2ccccc2)n1. The summed E-state index contributed by atoms with van der Waals surface area (Å²) in [5.74, 6) is 0.171. The van der Waals surface area contributed by atoms with E-state index < -0.39 is 5.97 Å². The van der Waals surface area contributed by atoms with E-state index in [9.17, 15) is 4.79 Å². The Labute approximate surface area is 155 Å². The van der Waals surface area contributed by atoms with E-state index in [1.54, 1.807) is 18.2 Å². The van der Waals surface area contributed by atoms with E-state index in [4.69, 9.17) is 21.1 Å². The van der Waals surface area contributed by atoms with Crippen LogP contribution in [0.2, 0.25) is 5.02 Å². The van der Waals surface area contributed by atoms with Gasteiger partial charge in [-0.3, -0.25) is 0 Å². The Kier molecular flexibility index (Phi) is 5.68. The van der Waals surface area contributed by atoms with Crippen molar-refractivity contribution in [3.8, 4) is 16.3 Å². The minimum Gasteiger partial charge on any atom is -0.482 e. The first-order chi connectivity index (χ1) is 12.1. The fourth-order valence-corrected chi connectivity index (χ4v) is 3.23. The maximum Gasteiger partial charge on any atom is 0.344 e. The first-order valence-corrected chi connectivity index (χ1v) is 8.92. The zero-order valence-electron chi connectivity index (χ0n) is 13.6. The highest BCUT2D eigenvalue weighted by Crippen LogP contribution is 2.24. The third kappa shape index (κ3) is 4.81.